The molecule has 0 aromatic heterocycles. The van der Waals surface area contributed by atoms with Gasteiger partial charge in [0, 0.05) is 18.7 Å². The molecule has 0 heterocycles. The van der Waals surface area contributed by atoms with Crippen molar-refractivity contribution in [2.24, 2.45) is 0 Å². The molecule has 0 saturated heterocycles. The lowest BCUT2D eigenvalue weighted by molar-refractivity contribution is 0.588. The summed E-state index contributed by atoms with van der Waals surface area (Å²) in [6, 6.07) is 6.67. The molecule has 0 aliphatic carbocycles. The minimum Gasteiger partial charge on any atom is -0.385 e. The Kier molecular flexibility index (Phi) is 5.69. The highest BCUT2D eigenvalue weighted by Gasteiger charge is 2.09. The van der Waals surface area contributed by atoms with Crippen LogP contribution < -0.4 is 10.0 Å². The van der Waals surface area contributed by atoms with Gasteiger partial charge in [0.2, 0.25) is 10.0 Å². The molecule has 0 fully saturated rings. The highest BCUT2D eigenvalue weighted by Crippen LogP contribution is 2.13. The Morgan fingerprint density at radius 1 is 1.22 bits per heavy atom. The molecule has 0 bridgehead atoms. The van der Waals surface area contributed by atoms with Crippen molar-refractivity contribution < 1.29 is 8.42 Å². The Morgan fingerprint density at radius 2 is 1.89 bits per heavy atom. The molecular weight excluding hydrogens is 248 g/mol. The molecule has 1 rings (SSSR count). The van der Waals surface area contributed by atoms with Gasteiger partial charge in [0.05, 0.1) is 4.90 Å². The van der Waals surface area contributed by atoms with Gasteiger partial charge >= 0.3 is 0 Å². The lowest BCUT2D eigenvalue weighted by Crippen LogP contribution is -2.18. The van der Waals surface area contributed by atoms with Gasteiger partial charge in [-0.2, -0.15) is 0 Å². The van der Waals surface area contributed by atoms with Crippen molar-refractivity contribution >= 4 is 15.7 Å². The van der Waals surface area contributed by atoms with Gasteiger partial charge in [-0.05, 0) is 44.2 Å². The topological polar surface area (TPSA) is 58.2 Å². The molecule has 0 unspecified atom stereocenters. The highest BCUT2D eigenvalue weighted by molar-refractivity contribution is 7.89. The first-order valence-corrected chi connectivity index (χ1v) is 7.29. The van der Waals surface area contributed by atoms with E-state index in [0.29, 0.717) is 0 Å². The molecule has 98 valence electrons. The monoisotopic (exact) mass is 266 g/mol. The van der Waals surface area contributed by atoms with E-state index in [1.807, 2.05) is 0 Å². The van der Waals surface area contributed by atoms with Crippen LogP contribution in [-0.2, 0) is 10.0 Å². The van der Waals surface area contributed by atoms with Crippen LogP contribution in [0.15, 0.2) is 29.2 Å². The van der Waals surface area contributed by atoms with Crippen molar-refractivity contribution in [1.82, 2.24) is 4.72 Å². The van der Waals surface area contributed by atoms with E-state index in [-0.39, 0.29) is 4.90 Å². The van der Waals surface area contributed by atoms with Gasteiger partial charge in [-0.25, -0.2) is 13.1 Å². The molecule has 2 N–H and O–H groups in total. The Morgan fingerprint density at radius 3 is 2.44 bits per heavy atom. The summed E-state index contributed by atoms with van der Waals surface area (Å²) in [5.74, 6) is 2.60. The normalized spacial score (nSPS) is 10.9. The molecule has 1 aromatic rings. The Bertz CT molecular complexity index is 501. The standard InChI is InChI=1S/C13H18N2O2S/c1-3-4-5-6-11-15-12-7-9-13(10-8-12)18(16,17)14-2/h1,7-10,14-15H,4-6,11H2,2H3. The predicted molar refractivity (Wildman–Crippen MR) is 73.9 cm³/mol. The van der Waals surface area contributed by atoms with Crippen molar-refractivity contribution in [2.45, 2.75) is 24.2 Å². The average Bonchev–Trinajstić information content (AvgIpc) is 2.39. The minimum absolute atomic E-state index is 0.267. The molecule has 0 atom stereocenters. The second kappa shape index (κ2) is 7.04. The van der Waals surface area contributed by atoms with Gasteiger partial charge in [0.15, 0.2) is 0 Å². The van der Waals surface area contributed by atoms with Crippen molar-refractivity contribution in [1.29, 1.82) is 0 Å². The van der Waals surface area contributed by atoms with E-state index in [1.54, 1.807) is 24.3 Å². The van der Waals surface area contributed by atoms with Gasteiger partial charge in [0.25, 0.3) is 0 Å². The van der Waals surface area contributed by atoms with Crippen molar-refractivity contribution in [3.8, 4) is 12.3 Å². The molecule has 0 aliphatic rings. The van der Waals surface area contributed by atoms with Gasteiger partial charge in [-0.1, -0.05) is 0 Å². The van der Waals surface area contributed by atoms with Gasteiger partial charge in [-0.15, -0.1) is 12.3 Å². The maximum absolute atomic E-state index is 11.5. The first-order valence-electron chi connectivity index (χ1n) is 5.81. The summed E-state index contributed by atoms with van der Waals surface area (Å²) < 4.78 is 25.3. The summed E-state index contributed by atoms with van der Waals surface area (Å²) in [7, 11) is -1.95. The first kappa shape index (κ1) is 14.6. The Balaban J connectivity index is 2.49. The number of terminal acetylenes is 1. The second-order valence-corrected chi connectivity index (χ2v) is 5.71. The summed E-state index contributed by atoms with van der Waals surface area (Å²) >= 11 is 0. The molecular formula is C13H18N2O2S. The number of unbranched alkanes of at least 4 members (excludes halogenated alkanes) is 2. The summed E-state index contributed by atoms with van der Waals surface area (Å²) in [5, 5.41) is 3.22. The Labute approximate surface area is 109 Å². The third-order valence-electron chi connectivity index (χ3n) is 2.51. The number of benzene rings is 1. The van der Waals surface area contributed by atoms with E-state index in [2.05, 4.69) is 16.0 Å². The number of hydrogen-bond donors (Lipinski definition) is 2. The van der Waals surface area contributed by atoms with Crippen LogP contribution in [-0.4, -0.2) is 22.0 Å². The van der Waals surface area contributed by atoms with E-state index in [4.69, 9.17) is 6.42 Å². The molecule has 0 amide bonds. The molecule has 4 nitrogen and oxygen atoms in total. The maximum Gasteiger partial charge on any atom is 0.240 e. The van der Waals surface area contributed by atoms with E-state index < -0.39 is 10.0 Å². The van der Waals surface area contributed by atoms with Crippen molar-refractivity contribution in [2.75, 3.05) is 18.9 Å². The van der Waals surface area contributed by atoms with Crippen LogP contribution in [0.2, 0.25) is 0 Å². The second-order valence-electron chi connectivity index (χ2n) is 3.82. The van der Waals surface area contributed by atoms with Gasteiger partial charge < -0.3 is 5.32 Å². The van der Waals surface area contributed by atoms with Crippen LogP contribution in [0.25, 0.3) is 0 Å². The van der Waals surface area contributed by atoms with Crippen LogP contribution in [0.4, 0.5) is 5.69 Å². The zero-order chi connectivity index (χ0) is 13.4. The summed E-state index contributed by atoms with van der Waals surface area (Å²) in [6.45, 7) is 0.833. The predicted octanol–water partition coefficient (Wildman–Crippen LogP) is 1.81. The molecule has 0 aliphatic heterocycles. The third kappa shape index (κ3) is 4.40. The van der Waals surface area contributed by atoms with Crippen LogP contribution in [0.3, 0.4) is 0 Å². The van der Waals surface area contributed by atoms with Crippen LogP contribution in [0, 0.1) is 12.3 Å². The number of rotatable bonds is 7. The molecule has 0 saturated carbocycles. The van der Waals surface area contributed by atoms with Gasteiger partial charge in [0.1, 0.15) is 0 Å². The smallest absolute Gasteiger partial charge is 0.240 e. The fourth-order valence-electron chi connectivity index (χ4n) is 1.45. The van der Waals surface area contributed by atoms with Crippen molar-refractivity contribution in [3.63, 3.8) is 0 Å². The largest absolute Gasteiger partial charge is 0.385 e. The lowest BCUT2D eigenvalue weighted by Gasteiger charge is -2.07. The molecule has 18 heavy (non-hydrogen) atoms. The molecule has 0 spiro atoms. The zero-order valence-electron chi connectivity index (χ0n) is 10.4. The quantitative estimate of drug-likeness (QED) is 0.584. The number of anilines is 1. The summed E-state index contributed by atoms with van der Waals surface area (Å²) in [5.41, 5.74) is 0.908. The van der Waals surface area contributed by atoms with E-state index in [1.165, 1.54) is 7.05 Å². The fourth-order valence-corrected chi connectivity index (χ4v) is 2.18. The maximum atomic E-state index is 11.5. The lowest BCUT2D eigenvalue weighted by atomic mass is 10.2. The Hall–Kier alpha value is -1.51. The number of hydrogen-bond acceptors (Lipinski definition) is 3. The minimum atomic E-state index is -3.35. The van der Waals surface area contributed by atoms with E-state index in [0.717, 1.165) is 31.5 Å². The fraction of sp³-hybridized carbons (Fsp3) is 0.385. The first-order chi connectivity index (χ1) is 8.60. The van der Waals surface area contributed by atoms with Crippen molar-refractivity contribution in [3.05, 3.63) is 24.3 Å². The number of sulfonamides is 1. The van der Waals surface area contributed by atoms with E-state index >= 15 is 0 Å². The number of nitrogens with one attached hydrogen (secondary N) is 2. The SMILES string of the molecule is C#CCCCCNc1ccc(S(=O)(=O)NC)cc1. The highest BCUT2D eigenvalue weighted by atomic mass is 32.2. The molecule has 1 aromatic carbocycles. The zero-order valence-corrected chi connectivity index (χ0v) is 11.3. The van der Waals surface area contributed by atoms with Gasteiger partial charge in [-0.3, -0.25) is 0 Å². The van der Waals surface area contributed by atoms with Crippen LogP contribution >= 0.6 is 0 Å². The molecule has 5 heteroatoms. The van der Waals surface area contributed by atoms with Crippen LogP contribution in [0.1, 0.15) is 19.3 Å². The third-order valence-corrected chi connectivity index (χ3v) is 3.94. The average molecular weight is 266 g/mol. The molecule has 0 radical (unpaired) electrons. The van der Waals surface area contributed by atoms with E-state index in [9.17, 15) is 8.42 Å². The summed E-state index contributed by atoms with van der Waals surface area (Å²) in [4.78, 5) is 0.267. The summed E-state index contributed by atoms with van der Waals surface area (Å²) in [6.07, 6.45) is 7.95. The van der Waals surface area contributed by atoms with Crippen LogP contribution in [0.5, 0.6) is 0 Å².